The molecule has 7 heteroatoms. The molecule has 1 aromatic rings. The molecular formula is C18H29Cl2N3O2. The zero-order valence-electron chi connectivity index (χ0n) is 14.4. The van der Waals surface area contributed by atoms with Gasteiger partial charge in [0.15, 0.2) is 0 Å². The predicted molar refractivity (Wildman–Crippen MR) is 104 cm³/mol. The smallest absolute Gasteiger partial charge is 0.240 e. The Morgan fingerprint density at radius 2 is 1.84 bits per heavy atom. The summed E-state index contributed by atoms with van der Waals surface area (Å²) in [7, 11) is 0. The Labute approximate surface area is 162 Å². The van der Waals surface area contributed by atoms with Gasteiger partial charge in [-0.15, -0.1) is 24.8 Å². The van der Waals surface area contributed by atoms with Crippen LogP contribution >= 0.6 is 24.8 Å². The van der Waals surface area contributed by atoms with Crippen LogP contribution in [0.2, 0.25) is 0 Å². The number of piperidine rings is 1. The van der Waals surface area contributed by atoms with Crippen molar-refractivity contribution in [1.29, 1.82) is 0 Å². The summed E-state index contributed by atoms with van der Waals surface area (Å²) in [6.45, 7) is 3.35. The molecular weight excluding hydrogens is 361 g/mol. The molecule has 1 unspecified atom stereocenters. The number of aliphatic hydroxyl groups excluding tert-OH is 1. The predicted octanol–water partition coefficient (Wildman–Crippen LogP) is 1.88. The molecule has 3 rings (SSSR count). The minimum absolute atomic E-state index is 0. The molecule has 1 saturated heterocycles. The van der Waals surface area contributed by atoms with Gasteiger partial charge in [-0.05, 0) is 50.3 Å². The number of hydrogen-bond acceptors (Lipinski definition) is 4. The molecule has 142 valence electrons. The number of halogens is 2. The highest BCUT2D eigenvalue weighted by molar-refractivity contribution is 5.88. The fourth-order valence-corrected chi connectivity index (χ4v) is 3.17. The second-order valence-corrected chi connectivity index (χ2v) is 7.04. The van der Waals surface area contributed by atoms with Gasteiger partial charge in [0, 0.05) is 13.1 Å². The number of benzene rings is 1. The van der Waals surface area contributed by atoms with E-state index in [1.165, 1.54) is 0 Å². The number of nitrogens with zero attached hydrogens (tertiary/aromatic N) is 1. The van der Waals surface area contributed by atoms with E-state index in [9.17, 15) is 9.90 Å². The zero-order chi connectivity index (χ0) is 16.3. The van der Waals surface area contributed by atoms with E-state index in [0.29, 0.717) is 12.5 Å². The van der Waals surface area contributed by atoms with Crippen molar-refractivity contribution in [3.8, 4) is 0 Å². The van der Waals surface area contributed by atoms with Gasteiger partial charge in [0.25, 0.3) is 0 Å². The average molecular weight is 390 g/mol. The van der Waals surface area contributed by atoms with Crippen LogP contribution in [-0.2, 0) is 4.79 Å². The van der Waals surface area contributed by atoms with E-state index < -0.39 is 11.6 Å². The van der Waals surface area contributed by atoms with Gasteiger partial charge in [-0.3, -0.25) is 4.79 Å². The van der Waals surface area contributed by atoms with Crippen molar-refractivity contribution in [3.05, 3.63) is 35.9 Å². The second-order valence-electron chi connectivity index (χ2n) is 7.04. The summed E-state index contributed by atoms with van der Waals surface area (Å²) in [5.74, 6) is 0.533. The van der Waals surface area contributed by atoms with Crippen molar-refractivity contribution in [2.24, 2.45) is 11.7 Å². The lowest BCUT2D eigenvalue weighted by Gasteiger charge is -2.33. The standard InChI is InChI=1S/C18H27N3O2.2ClH/c19-18(8-9-18)17(23)20-12-14-6-10-21(11-7-14)13-16(22)15-4-2-1-3-5-15;;/h1-5,14,16,22H,6-13,19H2,(H,20,23);2*1H. The molecule has 0 spiro atoms. The average Bonchev–Trinajstić information content (AvgIpc) is 3.33. The van der Waals surface area contributed by atoms with E-state index in [0.717, 1.165) is 50.9 Å². The van der Waals surface area contributed by atoms with Crippen LogP contribution in [0.25, 0.3) is 0 Å². The van der Waals surface area contributed by atoms with Gasteiger partial charge in [0.2, 0.25) is 5.91 Å². The number of nitrogens with one attached hydrogen (secondary N) is 1. The molecule has 5 nitrogen and oxygen atoms in total. The van der Waals surface area contributed by atoms with Crippen LogP contribution in [0.5, 0.6) is 0 Å². The third-order valence-electron chi connectivity index (χ3n) is 5.11. The largest absolute Gasteiger partial charge is 0.387 e. The summed E-state index contributed by atoms with van der Waals surface area (Å²) in [5.41, 5.74) is 6.29. The first kappa shape index (κ1) is 22.2. The lowest BCUT2D eigenvalue weighted by Crippen LogP contribution is -2.46. The van der Waals surface area contributed by atoms with Gasteiger partial charge in [-0.2, -0.15) is 0 Å². The van der Waals surface area contributed by atoms with E-state index in [4.69, 9.17) is 5.73 Å². The highest BCUT2D eigenvalue weighted by atomic mass is 35.5. The van der Waals surface area contributed by atoms with Crippen LogP contribution in [0.4, 0.5) is 0 Å². The Morgan fingerprint density at radius 1 is 1.24 bits per heavy atom. The van der Waals surface area contributed by atoms with Crippen LogP contribution in [0.15, 0.2) is 30.3 Å². The van der Waals surface area contributed by atoms with Gasteiger partial charge < -0.3 is 21.1 Å². The first-order valence-corrected chi connectivity index (χ1v) is 8.59. The summed E-state index contributed by atoms with van der Waals surface area (Å²) < 4.78 is 0. The molecule has 1 aliphatic carbocycles. The molecule has 2 fully saturated rings. The fourth-order valence-electron chi connectivity index (χ4n) is 3.17. The van der Waals surface area contributed by atoms with E-state index >= 15 is 0 Å². The van der Waals surface area contributed by atoms with E-state index in [-0.39, 0.29) is 30.7 Å². The normalized spacial score (nSPS) is 20.7. The van der Waals surface area contributed by atoms with Gasteiger partial charge in [-0.25, -0.2) is 0 Å². The lowest BCUT2D eigenvalue weighted by molar-refractivity contribution is -0.123. The highest BCUT2D eigenvalue weighted by Crippen LogP contribution is 2.32. The van der Waals surface area contributed by atoms with Gasteiger partial charge in [-0.1, -0.05) is 30.3 Å². The molecule has 0 aromatic heterocycles. The van der Waals surface area contributed by atoms with Crippen molar-refractivity contribution >= 4 is 30.7 Å². The number of aliphatic hydroxyl groups is 1. The van der Waals surface area contributed by atoms with E-state index in [1.807, 2.05) is 30.3 Å². The first-order valence-electron chi connectivity index (χ1n) is 8.59. The van der Waals surface area contributed by atoms with Crippen LogP contribution in [0, 0.1) is 5.92 Å². The fraction of sp³-hybridized carbons (Fsp3) is 0.611. The summed E-state index contributed by atoms with van der Waals surface area (Å²) in [4.78, 5) is 14.2. The number of hydrogen-bond donors (Lipinski definition) is 3. The minimum Gasteiger partial charge on any atom is -0.387 e. The second kappa shape index (κ2) is 9.74. The minimum atomic E-state index is -0.569. The van der Waals surface area contributed by atoms with Crippen LogP contribution in [0.3, 0.4) is 0 Å². The molecule has 2 aliphatic rings. The first-order chi connectivity index (χ1) is 11.1. The maximum Gasteiger partial charge on any atom is 0.240 e. The number of rotatable bonds is 6. The zero-order valence-corrected chi connectivity index (χ0v) is 16.0. The highest BCUT2D eigenvalue weighted by Gasteiger charge is 2.45. The van der Waals surface area contributed by atoms with Gasteiger partial charge in [0.1, 0.15) is 0 Å². The summed E-state index contributed by atoms with van der Waals surface area (Å²) in [5, 5.41) is 13.3. The molecule has 1 amide bonds. The topological polar surface area (TPSA) is 78.6 Å². The molecule has 1 heterocycles. The van der Waals surface area contributed by atoms with Crippen molar-refractivity contribution in [1.82, 2.24) is 10.2 Å². The summed E-state index contributed by atoms with van der Waals surface area (Å²) in [6.07, 6.45) is 3.31. The number of nitrogens with two attached hydrogens (primary N) is 1. The Hall–Kier alpha value is -0.850. The van der Waals surface area contributed by atoms with E-state index in [1.54, 1.807) is 0 Å². The number of amides is 1. The monoisotopic (exact) mass is 389 g/mol. The Bertz CT molecular complexity index is 532. The van der Waals surface area contributed by atoms with Gasteiger partial charge >= 0.3 is 0 Å². The van der Waals surface area contributed by atoms with Crippen LogP contribution < -0.4 is 11.1 Å². The maximum absolute atomic E-state index is 11.9. The Kier molecular flexibility index (Phi) is 8.64. The molecule has 0 bridgehead atoms. The number of carbonyl (C=O) groups excluding carboxylic acids is 1. The molecule has 1 aromatic carbocycles. The van der Waals surface area contributed by atoms with Crippen LogP contribution in [0.1, 0.15) is 37.4 Å². The Balaban J connectivity index is 0.00000156. The molecule has 25 heavy (non-hydrogen) atoms. The molecule has 1 saturated carbocycles. The third-order valence-corrected chi connectivity index (χ3v) is 5.11. The van der Waals surface area contributed by atoms with Crippen molar-refractivity contribution in [3.63, 3.8) is 0 Å². The van der Waals surface area contributed by atoms with Crippen molar-refractivity contribution in [2.75, 3.05) is 26.2 Å². The summed E-state index contributed by atoms with van der Waals surface area (Å²) >= 11 is 0. The van der Waals surface area contributed by atoms with Crippen LogP contribution in [-0.4, -0.2) is 47.6 Å². The Morgan fingerprint density at radius 3 is 2.40 bits per heavy atom. The van der Waals surface area contributed by atoms with Gasteiger partial charge in [0.05, 0.1) is 11.6 Å². The van der Waals surface area contributed by atoms with Crippen molar-refractivity contribution in [2.45, 2.75) is 37.3 Å². The lowest BCUT2D eigenvalue weighted by atomic mass is 9.96. The van der Waals surface area contributed by atoms with E-state index in [2.05, 4.69) is 10.2 Å². The maximum atomic E-state index is 11.9. The van der Waals surface area contributed by atoms with Crippen molar-refractivity contribution < 1.29 is 9.90 Å². The third kappa shape index (κ3) is 6.12. The molecule has 1 atom stereocenters. The molecule has 4 N–H and O–H groups in total. The number of likely N-dealkylation sites (tertiary alicyclic amines) is 1. The quantitative estimate of drug-likeness (QED) is 0.693. The number of β-amino-alcohol motifs (C(OH)–C–C–N with tert-alkyl or cyclic N) is 1. The number of carbonyl (C=O) groups is 1. The summed E-state index contributed by atoms with van der Waals surface area (Å²) in [6, 6.07) is 9.80. The molecule has 1 aliphatic heterocycles. The molecule has 0 radical (unpaired) electrons. The SMILES string of the molecule is Cl.Cl.NC1(C(=O)NCC2CCN(CC(O)c3ccccc3)CC2)CC1.